The van der Waals surface area contributed by atoms with Crippen LogP contribution >= 0.6 is 11.6 Å². The smallest absolute Gasteiger partial charge is 0.271 e. The summed E-state index contributed by atoms with van der Waals surface area (Å²) in [7, 11) is 2.14. The molecule has 5 heteroatoms. The molecule has 2 aromatic carbocycles. The van der Waals surface area contributed by atoms with Gasteiger partial charge >= 0.3 is 0 Å². The second-order valence-corrected chi connectivity index (χ2v) is 7.94. The zero-order chi connectivity index (χ0) is 18.9. The molecule has 0 aliphatic carbocycles. The van der Waals surface area contributed by atoms with Gasteiger partial charge in [-0.3, -0.25) is 4.79 Å². The third-order valence-corrected chi connectivity index (χ3v) is 5.40. The maximum absolute atomic E-state index is 12.1. The minimum absolute atomic E-state index is 0.147. The molecular weight excluding hydrogens is 346 g/mol. The van der Waals surface area contributed by atoms with Gasteiger partial charge in [0.1, 0.15) is 0 Å². The summed E-state index contributed by atoms with van der Waals surface area (Å²) >= 11 is 5.83. The summed E-state index contributed by atoms with van der Waals surface area (Å²) in [4.78, 5) is 14.4. The summed E-state index contributed by atoms with van der Waals surface area (Å²) in [6.07, 6.45) is 2.78. The minimum atomic E-state index is -0.259. The summed E-state index contributed by atoms with van der Waals surface area (Å²) < 4.78 is 0. The Bertz CT molecular complexity index is 843. The van der Waals surface area contributed by atoms with E-state index < -0.39 is 0 Å². The van der Waals surface area contributed by atoms with E-state index in [9.17, 15) is 4.79 Å². The molecule has 1 aliphatic rings. The van der Waals surface area contributed by atoms with E-state index in [0.29, 0.717) is 16.5 Å². The molecule has 0 saturated carbocycles. The van der Waals surface area contributed by atoms with Crippen LogP contribution in [0.1, 0.15) is 54.6 Å². The van der Waals surface area contributed by atoms with Crippen LogP contribution in [0.3, 0.4) is 0 Å². The van der Waals surface area contributed by atoms with Crippen molar-refractivity contribution in [1.29, 1.82) is 0 Å². The molecule has 0 fully saturated rings. The number of anilines is 1. The fourth-order valence-electron chi connectivity index (χ4n) is 3.51. The largest absolute Gasteiger partial charge is 0.369 e. The second-order valence-electron chi connectivity index (χ2n) is 7.50. The van der Waals surface area contributed by atoms with Crippen LogP contribution in [-0.2, 0) is 0 Å². The standard InChI is InChI=1S/C21H24ClN3O/c1-14-12-21(2,3)25(4)19-10-5-15(11-18(14)19)13-23-24-20(26)16-6-8-17(22)9-7-16/h5-11,13-14H,12H2,1-4H3,(H,24,26)/b23-13-/t14-/m1/s1. The van der Waals surface area contributed by atoms with Crippen molar-refractivity contribution < 1.29 is 4.79 Å². The Morgan fingerprint density at radius 3 is 2.65 bits per heavy atom. The Kier molecular flexibility index (Phi) is 5.05. The third-order valence-electron chi connectivity index (χ3n) is 5.14. The number of hydrogen-bond acceptors (Lipinski definition) is 3. The summed E-state index contributed by atoms with van der Waals surface area (Å²) in [5.41, 5.74) is 6.78. The van der Waals surface area contributed by atoms with Crippen LogP contribution in [0.15, 0.2) is 47.6 Å². The number of hydrazone groups is 1. The molecule has 1 amide bonds. The molecule has 1 aliphatic heterocycles. The Labute approximate surface area is 159 Å². The summed E-state index contributed by atoms with van der Waals surface area (Å²) in [6.45, 7) is 6.80. The van der Waals surface area contributed by atoms with E-state index in [4.69, 9.17) is 11.6 Å². The van der Waals surface area contributed by atoms with Gasteiger partial charge in [-0.15, -0.1) is 0 Å². The maximum atomic E-state index is 12.1. The minimum Gasteiger partial charge on any atom is -0.369 e. The average molecular weight is 370 g/mol. The van der Waals surface area contributed by atoms with Gasteiger partial charge in [-0.25, -0.2) is 5.43 Å². The Morgan fingerprint density at radius 2 is 1.96 bits per heavy atom. The van der Waals surface area contributed by atoms with Crippen molar-refractivity contribution >= 4 is 29.4 Å². The first kappa shape index (κ1) is 18.5. The number of carbonyl (C=O) groups is 1. The summed E-state index contributed by atoms with van der Waals surface area (Å²) in [5.74, 6) is 0.221. The molecule has 3 rings (SSSR count). The molecule has 0 radical (unpaired) electrons. The molecule has 26 heavy (non-hydrogen) atoms. The van der Waals surface area contributed by atoms with E-state index >= 15 is 0 Å². The first-order chi connectivity index (χ1) is 12.3. The highest BCUT2D eigenvalue weighted by molar-refractivity contribution is 6.30. The number of amides is 1. The lowest BCUT2D eigenvalue weighted by atomic mass is 9.80. The number of rotatable bonds is 3. The number of hydrogen-bond donors (Lipinski definition) is 1. The van der Waals surface area contributed by atoms with Crippen molar-refractivity contribution in [1.82, 2.24) is 5.43 Å². The van der Waals surface area contributed by atoms with Crippen LogP contribution in [0.4, 0.5) is 5.69 Å². The van der Waals surface area contributed by atoms with Crippen molar-refractivity contribution in [3.05, 3.63) is 64.2 Å². The monoisotopic (exact) mass is 369 g/mol. The topological polar surface area (TPSA) is 44.7 Å². The highest BCUT2D eigenvalue weighted by Crippen LogP contribution is 2.42. The van der Waals surface area contributed by atoms with Crippen molar-refractivity contribution in [2.75, 3.05) is 11.9 Å². The molecule has 0 saturated heterocycles. The predicted octanol–water partition coefficient (Wildman–Crippen LogP) is 4.83. The van der Waals surface area contributed by atoms with Crippen LogP contribution in [0, 0.1) is 0 Å². The molecule has 0 spiro atoms. The molecule has 2 aromatic rings. The molecule has 0 unspecified atom stereocenters. The van der Waals surface area contributed by atoms with Crippen molar-refractivity contribution in [2.24, 2.45) is 5.10 Å². The number of nitrogens with one attached hydrogen (secondary N) is 1. The first-order valence-corrected chi connectivity index (χ1v) is 9.12. The van der Waals surface area contributed by atoms with Gasteiger partial charge in [0.05, 0.1) is 6.21 Å². The molecule has 136 valence electrons. The maximum Gasteiger partial charge on any atom is 0.271 e. The van der Waals surface area contributed by atoms with Crippen molar-refractivity contribution in [3.8, 4) is 0 Å². The van der Waals surface area contributed by atoms with Crippen LogP contribution in [0.2, 0.25) is 5.02 Å². The Hall–Kier alpha value is -2.33. The highest BCUT2D eigenvalue weighted by Gasteiger charge is 2.33. The zero-order valence-electron chi connectivity index (χ0n) is 15.6. The Morgan fingerprint density at radius 1 is 1.27 bits per heavy atom. The second kappa shape index (κ2) is 7.12. The van der Waals surface area contributed by atoms with Crippen LogP contribution in [-0.4, -0.2) is 24.7 Å². The van der Waals surface area contributed by atoms with Crippen molar-refractivity contribution in [3.63, 3.8) is 0 Å². The number of fused-ring (bicyclic) bond motifs is 1. The van der Waals surface area contributed by atoms with E-state index in [1.807, 2.05) is 6.07 Å². The van der Waals surface area contributed by atoms with Gasteiger partial charge < -0.3 is 4.90 Å². The first-order valence-electron chi connectivity index (χ1n) is 8.75. The van der Waals surface area contributed by atoms with Gasteiger partial charge in [-0.1, -0.05) is 24.6 Å². The lowest BCUT2D eigenvalue weighted by Crippen LogP contribution is -2.45. The van der Waals surface area contributed by atoms with Crippen LogP contribution < -0.4 is 10.3 Å². The number of carbonyl (C=O) groups excluding carboxylic acids is 1. The van der Waals surface area contributed by atoms with Crippen molar-refractivity contribution in [2.45, 2.75) is 38.6 Å². The molecule has 0 bridgehead atoms. The summed E-state index contributed by atoms with van der Waals surface area (Å²) in [5, 5.41) is 4.69. The SMILES string of the molecule is C[C@@H]1CC(C)(C)N(C)c2ccc(/C=N\NC(=O)c3ccc(Cl)cc3)cc21. The molecule has 0 aromatic heterocycles. The quantitative estimate of drug-likeness (QED) is 0.622. The van der Waals surface area contributed by atoms with E-state index in [1.165, 1.54) is 11.3 Å². The molecule has 1 heterocycles. The normalized spacial score (nSPS) is 18.7. The van der Waals surface area contributed by atoms with E-state index in [0.717, 1.165) is 12.0 Å². The molecule has 1 atom stereocenters. The predicted molar refractivity (Wildman–Crippen MR) is 108 cm³/mol. The fourth-order valence-corrected chi connectivity index (χ4v) is 3.63. The van der Waals surface area contributed by atoms with Crippen LogP contribution in [0.25, 0.3) is 0 Å². The van der Waals surface area contributed by atoms with Gasteiger partial charge in [0.15, 0.2) is 0 Å². The summed E-state index contributed by atoms with van der Waals surface area (Å²) in [6, 6.07) is 13.0. The van der Waals surface area contributed by atoms with Gasteiger partial charge in [0, 0.05) is 28.9 Å². The van der Waals surface area contributed by atoms with E-state index in [1.54, 1.807) is 30.5 Å². The van der Waals surface area contributed by atoms with Gasteiger partial charge in [-0.05, 0) is 73.7 Å². The van der Waals surface area contributed by atoms with Crippen LogP contribution in [0.5, 0.6) is 0 Å². The van der Waals surface area contributed by atoms with Gasteiger partial charge in [0.25, 0.3) is 5.91 Å². The lowest BCUT2D eigenvalue weighted by molar-refractivity contribution is 0.0955. The number of benzene rings is 2. The lowest BCUT2D eigenvalue weighted by Gasteiger charge is -2.45. The highest BCUT2D eigenvalue weighted by atomic mass is 35.5. The molecule has 1 N–H and O–H groups in total. The molecule has 4 nitrogen and oxygen atoms in total. The van der Waals surface area contributed by atoms with Gasteiger partial charge in [0.2, 0.25) is 0 Å². The van der Waals surface area contributed by atoms with Gasteiger partial charge in [-0.2, -0.15) is 5.10 Å². The molecular formula is C21H24ClN3O. The third kappa shape index (κ3) is 3.75. The van der Waals surface area contributed by atoms with E-state index in [2.05, 4.69) is 55.4 Å². The average Bonchev–Trinajstić information content (AvgIpc) is 2.60. The number of halogens is 1. The zero-order valence-corrected chi connectivity index (χ0v) is 16.3. The number of nitrogens with zero attached hydrogens (tertiary/aromatic N) is 2. The Balaban J connectivity index is 1.73. The fraction of sp³-hybridized carbons (Fsp3) is 0.333. The van der Waals surface area contributed by atoms with E-state index in [-0.39, 0.29) is 11.4 Å².